The van der Waals surface area contributed by atoms with E-state index in [1.165, 1.54) is 10.4 Å². The van der Waals surface area contributed by atoms with Gasteiger partial charge in [0.2, 0.25) is 5.91 Å². The number of anilines is 1. The number of hydrogen-bond acceptors (Lipinski definition) is 6. The first-order chi connectivity index (χ1) is 16.1. The number of benzene rings is 2. The maximum Gasteiger partial charge on any atom is 0.249 e. The number of amides is 1. The van der Waals surface area contributed by atoms with Gasteiger partial charge in [-0.05, 0) is 61.2 Å². The van der Waals surface area contributed by atoms with E-state index in [1.807, 2.05) is 24.3 Å². The summed E-state index contributed by atoms with van der Waals surface area (Å²) in [6, 6.07) is 14.8. The van der Waals surface area contributed by atoms with Crippen LogP contribution in [0.5, 0.6) is 11.5 Å². The van der Waals surface area contributed by atoms with Crippen molar-refractivity contribution in [3.63, 3.8) is 0 Å². The van der Waals surface area contributed by atoms with Crippen molar-refractivity contribution in [3.05, 3.63) is 75.7 Å². The van der Waals surface area contributed by atoms with Gasteiger partial charge in [-0.2, -0.15) is 0 Å². The van der Waals surface area contributed by atoms with Crippen molar-refractivity contribution in [1.29, 1.82) is 0 Å². The van der Waals surface area contributed by atoms with E-state index < -0.39 is 0 Å². The Morgan fingerprint density at radius 1 is 1.06 bits per heavy atom. The monoisotopic (exact) mass is 460 g/mol. The van der Waals surface area contributed by atoms with E-state index in [2.05, 4.69) is 0 Å². The maximum absolute atomic E-state index is 13.2. The lowest BCUT2D eigenvalue weighted by Crippen LogP contribution is -2.36. The van der Waals surface area contributed by atoms with E-state index in [9.17, 15) is 9.59 Å². The summed E-state index contributed by atoms with van der Waals surface area (Å²) in [4.78, 5) is 34.0. The van der Waals surface area contributed by atoms with Gasteiger partial charge < -0.3 is 9.47 Å². The Balaban J connectivity index is 1.55. The van der Waals surface area contributed by atoms with E-state index in [4.69, 9.17) is 14.5 Å². The molecule has 0 radical (unpaired) electrons. The van der Waals surface area contributed by atoms with Crippen LogP contribution in [0.1, 0.15) is 38.3 Å². The highest BCUT2D eigenvalue weighted by Crippen LogP contribution is 2.43. The molecule has 2 aliphatic rings. The number of hydrogen-bond donors (Lipinski definition) is 0. The minimum atomic E-state index is -0.170. The average Bonchev–Trinajstić information content (AvgIpc) is 3.41. The number of thiophene rings is 1. The summed E-state index contributed by atoms with van der Waals surface area (Å²) < 4.78 is 10.6. The zero-order valence-corrected chi connectivity index (χ0v) is 19.4. The zero-order chi connectivity index (χ0) is 22.9. The van der Waals surface area contributed by atoms with Gasteiger partial charge in [0.15, 0.2) is 5.78 Å². The Labute approximate surface area is 196 Å². The van der Waals surface area contributed by atoms with Gasteiger partial charge in [0.05, 0.1) is 26.5 Å². The molecule has 0 atom stereocenters. The first-order valence-corrected chi connectivity index (χ1v) is 11.7. The molecular formula is C26H24N2O4S. The first kappa shape index (κ1) is 21.4. The van der Waals surface area contributed by atoms with Crippen molar-refractivity contribution >= 4 is 33.7 Å². The highest BCUT2D eigenvalue weighted by Gasteiger charge is 2.34. The molecule has 0 saturated heterocycles. The Hall–Kier alpha value is -3.45. The maximum atomic E-state index is 13.2. The van der Waals surface area contributed by atoms with Gasteiger partial charge in [-0.3, -0.25) is 19.5 Å². The predicted octanol–water partition coefficient (Wildman–Crippen LogP) is 4.32. The number of Topliss-reactive ketones (excluding diaryl/α,β-unsaturated/α-hetero) is 1. The Morgan fingerprint density at radius 3 is 2.61 bits per heavy atom. The molecule has 6 nitrogen and oxygen atoms in total. The number of carbonyl (C=O) groups excluding carboxylic acids is 2. The zero-order valence-electron chi connectivity index (χ0n) is 18.6. The minimum absolute atomic E-state index is 0.00290. The summed E-state index contributed by atoms with van der Waals surface area (Å²) in [7, 11) is 3.21. The van der Waals surface area contributed by atoms with Crippen LogP contribution in [0.2, 0.25) is 0 Å². The van der Waals surface area contributed by atoms with Gasteiger partial charge in [0.25, 0.3) is 0 Å². The van der Waals surface area contributed by atoms with Crippen LogP contribution in [0.15, 0.2) is 53.5 Å². The van der Waals surface area contributed by atoms with Crippen LogP contribution < -0.4 is 14.4 Å². The summed E-state index contributed by atoms with van der Waals surface area (Å²) >= 11 is 1.62. The normalized spacial score (nSPS) is 14.9. The summed E-state index contributed by atoms with van der Waals surface area (Å²) in [5, 5.41) is 0.827. The second-order valence-corrected chi connectivity index (χ2v) is 9.15. The van der Waals surface area contributed by atoms with Crippen molar-refractivity contribution in [1.82, 2.24) is 0 Å². The number of ether oxygens (including phenoxy) is 2. The van der Waals surface area contributed by atoms with Gasteiger partial charge in [0.1, 0.15) is 23.0 Å². The second-order valence-electron chi connectivity index (χ2n) is 8.07. The van der Waals surface area contributed by atoms with Gasteiger partial charge >= 0.3 is 0 Å². The number of aryl methyl sites for hydroxylation is 1. The van der Waals surface area contributed by atoms with Crippen molar-refractivity contribution in [3.8, 4) is 11.5 Å². The van der Waals surface area contributed by atoms with E-state index in [0.29, 0.717) is 11.3 Å². The number of rotatable bonds is 6. The van der Waals surface area contributed by atoms with E-state index in [-0.39, 0.29) is 24.8 Å². The lowest BCUT2D eigenvalue weighted by molar-refractivity contribution is -0.117. The summed E-state index contributed by atoms with van der Waals surface area (Å²) in [5.74, 6) is 1.08. The van der Waals surface area contributed by atoms with Crippen molar-refractivity contribution in [2.24, 2.45) is 4.99 Å². The SMILES string of the molecule is COc1ccc(C2=NCC(=O)N(CC(=O)c3cccc(OC)c3)c3sc4c(c32)CCC4)cc1. The standard InChI is InChI=1S/C26H24N2O4S/c1-31-18-11-9-16(10-12-18)25-24-20-7-4-8-22(20)33-26(24)28(23(30)14-27-25)15-21(29)17-5-3-6-19(13-17)32-2/h3,5-6,9-13H,4,7-8,14-15H2,1-2H3. The van der Waals surface area contributed by atoms with Gasteiger partial charge in [-0.25, -0.2) is 0 Å². The van der Waals surface area contributed by atoms with E-state index >= 15 is 0 Å². The summed E-state index contributed by atoms with van der Waals surface area (Å²) in [6.07, 6.45) is 3.05. The predicted molar refractivity (Wildman–Crippen MR) is 130 cm³/mol. The smallest absolute Gasteiger partial charge is 0.249 e. The number of nitrogens with zero attached hydrogens (tertiary/aromatic N) is 2. The van der Waals surface area contributed by atoms with Crippen LogP contribution in [0.4, 0.5) is 5.00 Å². The number of carbonyl (C=O) groups is 2. The van der Waals surface area contributed by atoms with Crippen LogP contribution >= 0.6 is 11.3 Å². The lowest BCUT2D eigenvalue weighted by atomic mass is 9.99. The molecule has 3 aromatic rings. The molecule has 168 valence electrons. The van der Waals surface area contributed by atoms with E-state index in [0.717, 1.165) is 46.9 Å². The van der Waals surface area contributed by atoms with Crippen molar-refractivity contribution in [2.45, 2.75) is 19.3 Å². The molecule has 1 amide bonds. The summed E-state index contributed by atoms with van der Waals surface area (Å²) in [5.41, 5.74) is 4.54. The van der Waals surface area contributed by atoms with Crippen LogP contribution in [0.3, 0.4) is 0 Å². The van der Waals surface area contributed by atoms with Crippen molar-refractivity contribution < 1.29 is 19.1 Å². The molecule has 0 saturated carbocycles. The molecule has 1 aliphatic heterocycles. The molecule has 0 spiro atoms. The molecule has 2 heterocycles. The van der Waals surface area contributed by atoms with Crippen LogP contribution in [0, 0.1) is 0 Å². The topological polar surface area (TPSA) is 68.2 Å². The largest absolute Gasteiger partial charge is 0.497 e. The highest BCUT2D eigenvalue weighted by atomic mass is 32.1. The Kier molecular flexibility index (Phi) is 5.72. The molecule has 0 unspecified atom stereocenters. The summed E-state index contributed by atoms with van der Waals surface area (Å²) in [6.45, 7) is -0.0211. The second kappa shape index (κ2) is 8.83. The minimum Gasteiger partial charge on any atom is -0.497 e. The van der Waals surface area contributed by atoms with E-state index in [1.54, 1.807) is 54.7 Å². The fourth-order valence-electron chi connectivity index (χ4n) is 4.42. The van der Waals surface area contributed by atoms with Gasteiger partial charge in [0, 0.05) is 21.6 Å². The molecule has 0 bridgehead atoms. The lowest BCUT2D eigenvalue weighted by Gasteiger charge is -2.20. The Morgan fingerprint density at radius 2 is 1.85 bits per heavy atom. The molecule has 7 heteroatoms. The van der Waals surface area contributed by atoms with Gasteiger partial charge in [-0.15, -0.1) is 11.3 Å². The third kappa shape index (κ3) is 3.93. The highest BCUT2D eigenvalue weighted by molar-refractivity contribution is 7.17. The number of ketones is 1. The third-order valence-corrected chi connectivity index (χ3v) is 7.43. The van der Waals surface area contributed by atoms with Gasteiger partial charge in [-0.1, -0.05) is 12.1 Å². The molecule has 0 N–H and O–H groups in total. The van der Waals surface area contributed by atoms with Crippen LogP contribution in [-0.4, -0.2) is 44.7 Å². The van der Waals surface area contributed by atoms with Crippen LogP contribution in [-0.2, 0) is 17.6 Å². The number of methoxy groups -OCH3 is 2. The number of fused-ring (bicyclic) bond motifs is 3. The average molecular weight is 461 g/mol. The number of aliphatic imine (C=N–C) groups is 1. The third-order valence-electron chi connectivity index (χ3n) is 6.12. The molecule has 1 aromatic heterocycles. The Bertz CT molecular complexity index is 1260. The fraction of sp³-hybridized carbons (Fsp3) is 0.269. The molecule has 33 heavy (non-hydrogen) atoms. The first-order valence-electron chi connectivity index (χ1n) is 10.9. The molecule has 2 aromatic carbocycles. The van der Waals surface area contributed by atoms with Crippen LogP contribution in [0.25, 0.3) is 0 Å². The molecular weight excluding hydrogens is 436 g/mol. The fourth-order valence-corrected chi connectivity index (χ4v) is 5.83. The molecule has 0 fully saturated rings. The molecule has 1 aliphatic carbocycles. The van der Waals surface area contributed by atoms with Crippen molar-refractivity contribution in [2.75, 3.05) is 32.2 Å². The molecule has 5 rings (SSSR count). The quantitative estimate of drug-likeness (QED) is 0.514.